The van der Waals surface area contributed by atoms with Crippen LogP contribution in [0, 0.1) is 27.7 Å². The smallest absolute Gasteiger partial charge is 0.295 e. The van der Waals surface area contributed by atoms with E-state index in [4.69, 9.17) is 0 Å². The average molecular weight is 228 g/mol. The third-order valence-corrected chi connectivity index (χ3v) is 2.71. The van der Waals surface area contributed by atoms with Gasteiger partial charge in [0.2, 0.25) is 0 Å². The number of hydrogen-bond acceptors (Lipinski definition) is 3. The van der Waals surface area contributed by atoms with Crippen molar-refractivity contribution in [3.05, 3.63) is 33.9 Å². The molecule has 6 heteroatoms. The third-order valence-electron chi connectivity index (χ3n) is 2.71. The van der Waals surface area contributed by atoms with Gasteiger partial charge in [-0.15, -0.1) is 0 Å². The van der Waals surface area contributed by atoms with E-state index in [0.29, 0.717) is 5.92 Å². The number of nitro groups is 1. The molecule has 0 radical (unpaired) electrons. The maximum atomic E-state index is 13.4. The van der Waals surface area contributed by atoms with Gasteiger partial charge in [0.25, 0.3) is 5.69 Å². The van der Waals surface area contributed by atoms with Gasteiger partial charge < -0.3 is 5.32 Å². The summed E-state index contributed by atoms with van der Waals surface area (Å²) in [5.74, 6) is -1.93. The van der Waals surface area contributed by atoms with Gasteiger partial charge in [-0.3, -0.25) is 10.1 Å². The summed E-state index contributed by atoms with van der Waals surface area (Å²) < 4.78 is 26.3. The van der Waals surface area contributed by atoms with Crippen LogP contribution in [0.5, 0.6) is 0 Å². The normalized spacial score (nSPS) is 22.9. The van der Waals surface area contributed by atoms with Crippen molar-refractivity contribution in [2.45, 2.75) is 19.4 Å². The van der Waals surface area contributed by atoms with E-state index in [0.717, 1.165) is 18.6 Å². The number of rotatable bonds is 3. The standard InChI is InChI=1S/C10H10F2N2O2/c1-5-4-7(5)13-10-8(14(15)16)3-2-6(11)9(10)12/h2-3,5,7,13H,4H2,1H3. The Balaban J connectivity index is 2.38. The van der Waals surface area contributed by atoms with Gasteiger partial charge in [0.1, 0.15) is 0 Å². The van der Waals surface area contributed by atoms with Crippen LogP contribution in [0.1, 0.15) is 13.3 Å². The maximum absolute atomic E-state index is 13.4. The molecule has 0 bridgehead atoms. The van der Waals surface area contributed by atoms with Gasteiger partial charge >= 0.3 is 0 Å². The number of anilines is 1. The molecule has 1 aromatic rings. The molecule has 0 heterocycles. The van der Waals surface area contributed by atoms with E-state index in [-0.39, 0.29) is 11.7 Å². The number of nitrogens with one attached hydrogen (secondary N) is 1. The van der Waals surface area contributed by atoms with Gasteiger partial charge in [0, 0.05) is 12.1 Å². The van der Waals surface area contributed by atoms with E-state index in [1.807, 2.05) is 6.92 Å². The minimum atomic E-state index is -1.19. The zero-order valence-electron chi connectivity index (χ0n) is 8.54. The zero-order valence-corrected chi connectivity index (χ0v) is 8.54. The number of hydrogen-bond donors (Lipinski definition) is 1. The molecule has 2 rings (SSSR count). The first-order chi connectivity index (χ1) is 7.50. The van der Waals surface area contributed by atoms with Crippen molar-refractivity contribution in [3.63, 3.8) is 0 Å². The summed E-state index contributed by atoms with van der Waals surface area (Å²) in [5.41, 5.74) is -0.780. The van der Waals surface area contributed by atoms with Gasteiger partial charge in [0.15, 0.2) is 17.3 Å². The topological polar surface area (TPSA) is 55.2 Å². The Labute approximate surface area is 90.4 Å². The van der Waals surface area contributed by atoms with Crippen molar-refractivity contribution in [1.29, 1.82) is 0 Å². The van der Waals surface area contributed by atoms with Crippen molar-refractivity contribution < 1.29 is 13.7 Å². The van der Waals surface area contributed by atoms with Gasteiger partial charge in [-0.25, -0.2) is 8.78 Å². The summed E-state index contributed by atoms with van der Waals surface area (Å²) in [6.45, 7) is 1.93. The molecule has 16 heavy (non-hydrogen) atoms. The quantitative estimate of drug-likeness (QED) is 0.639. The van der Waals surface area contributed by atoms with E-state index < -0.39 is 22.2 Å². The van der Waals surface area contributed by atoms with Crippen LogP contribution < -0.4 is 5.32 Å². The van der Waals surface area contributed by atoms with E-state index in [1.54, 1.807) is 0 Å². The van der Waals surface area contributed by atoms with E-state index in [9.17, 15) is 18.9 Å². The van der Waals surface area contributed by atoms with Crippen LogP contribution >= 0.6 is 0 Å². The molecule has 1 aliphatic carbocycles. The summed E-state index contributed by atoms with van der Waals surface area (Å²) in [5, 5.41) is 13.3. The largest absolute Gasteiger partial charge is 0.374 e. The summed E-state index contributed by atoms with van der Waals surface area (Å²) >= 11 is 0. The van der Waals surface area contributed by atoms with Crippen molar-refractivity contribution in [2.75, 3.05) is 5.32 Å². The third kappa shape index (κ3) is 1.82. The molecule has 2 atom stereocenters. The second-order valence-electron chi connectivity index (χ2n) is 3.98. The Morgan fingerprint density at radius 3 is 2.62 bits per heavy atom. The lowest BCUT2D eigenvalue weighted by atomic mass is 10.2. The lowest BCUT2D eigenvalue weighted by Crippen LogP contribution is -2.09. The van der Waals surface area contributed by atoms with Crippen LogP contribution in [0.3, 0.4) is 0 Å². The van der Waals surface area contributed by atoms with Crippen LogP contribution in [0.4, 0.5) is 20.2 Å². The first-order valence-corrected chi connectivity index (χ1v) is 4.89. The van der Waals surface area contributed by atoms with Gasteiger partial charge in [-0.05, 0) is 18.4 Å². The Hall–Kier alpha value is -1.72. The van der Waals surface area contributed by atoms with Crippen molar-refractivity contribution in [1.82, 2.24) is 0 Å². The van der Waals surface area contributed by atoms with Gasteiger partial charge in [-0.2, -0.15) is 0 Å². The number of nitrogens with zero attached hydrogens (tertiary/aromatic N) is 1. The van der Waals surface area contributed by atoms with Gasteiger partial charge in [0.05, 0.1) is 4.92 Å². The fraction of sp³-hybridized carbons (Fsp3) is 0.400. The highest BCUT2D eigenvalue weighted by Crippen LogP contribution is 2.37. The second kappa shape index (κ2) is 3.70. The summed E-state index contributed by atoms with van der Waals surface area (Å²) in [6.07, 6.45) is 0.813. The minimum absolute atomic E-state index is 0.00463. The maximum Gasteiger partial charge on any atom is 0.295 e. The molecule has 1 N–H and O–H groups in total. The minimum Gasteiger partial charge on any atom is -0.374 e. The summed E-state index contributed by atoms with van der Waals surface area (Å²) in [4.78, 5) is 9.92. The van der Waals surface area contributed by atoms with Crippen LogP contribution in [0.15, 0.2) is 12.1 Å². The number of benzene rings is 1. The first-order valence-electron chi connectivity index (χ1n) is 4.89. The highest BCUT2D eigenvalue weighted by atomic mass is 19.2. The van der Waals surface area contributed by atoms with Gasteiger partial charge in [-0.1, -0.05) is 6.92 Å². The molecule has 0 amide bonds. The van der Waals surface area contributed by atoms with Crippen LogP contribution in [-0.2, 0) is 0 Å². The molecule has 0 aromatic heterocycles. The molecule has 0 saturated heterocycles. The molecule has 0 aliphatic heterocycles. The first kappa shape index (κ1) is 10.8. The number of nitro benzene ring substituents is 1. The zero-order chi connectivity index (χ0) is 11.9. The predicted octanol–water partition coefficient (Wildman–Crippen LogP) is 2.69. The van der Waals surface area contributed by atoms with Crippen molar-refractivity contribution >= 4 is 11.4 Å². The Morgan fingerprint density at radius 2 is 2.12 bits per heavy atom. The van der Waals surface area contributed by atoms with Crippen LogP contribution in [0.25, 0.3) is 0 Å². The van der Waals surface area contributed by atoms with E-state index in [1.165, 1.54) is 0 Å². The molecule has 1 aliphatic rings. The summed E-state index contributed by atoms with van der Waals surface area (Å²) in [6, 6.07) is 1.72. The predicted molar refractivity (Wildman–Crippen MR) is 54.2 cm³/mol. The Bertz CT molecular complexity index is 451. The lowest BCUT2D eigenvalue weighted by molar-refractivity contribution is -0.384. The molecule has 0 spiro atoms. The molecule has 2 unspecified atom stereocenters. The van der Waals surface area contributed by atoms with Crippen LogP contribution in [0.2, 0.25) is 0 Å². The SMILES string of the molecule is CC1CC1Nc1c([N+](=O)[O-])ccc(F)c1F. The van der Waals surface area contributed by atoms with Crippen molar-refractivity contribution in [2.24, 2.45) is 5.92 Å². The highest BCUT2D eigenvalue weighted by molar-refractivity contribution is 5.63. The Kier molecular flexibility index (Phi) is 2.49. The summed E-state index contributed by atoms with van der Waals surface area (Å²) in [7, 11) is 0. The molecule has 1 fully saturated rings. The van der Waals surface area contributed by atoms with E-state index >= 15 is 0 Å². The Morgan fingerprint density at radius 1 is 1.50 bits per heavy atom. The van der Waals surface area contributed by atoms with E-state index in [2.05, 4.69) is 5.32 Å². The molecule has 1 aromatic carbocycles. The molecule has 1 saturated carbocycles. The lowest BCUT2D eigenvalue weighted by Gasteiger charge is -2.07. The monoisotopic (exact) mass is 228 g/mol. The highest BCUT2D eigenvalue weighted by Gasteiger charge is 2.35. The average Bonchev–Trinajstić information content (AvgIpc) is 2.89. The second-order valence-corrected chi connectivity index (χ2v) is 3.98. The molecule has 86 valence electrons. The fourth-order valence-electron chi connectivity index (χ4n) is 1.54. The molecular formula is C10H10F2N2O2. The molecular weight excluding hydrogens is 218 g/mol. The molecule has 4 nitrogen and oxygen atoms in total. The number of halogens is 2. The van der Waals surface area contributed by atoms with Crippen molar-refractivity contribution in [3.8, 4) is 0 Å². The fourth-order valence-corrected chi connectivity index (χ4v) is 1.54. The van der Waals surface area contributed by atoms with Crippen LogP contribution in [-0.4, -0.2) is 11.0 Å².